The number of carbonyl (C=O) groups excluding carboxylic acids is 2. The van der Waals surface area contributed by atoms with Crippen molar-refractivity contribution in [2.24, 2.45) is 0 Å². The topological polar surface area (TPSA) is 59.1 Å². The molecular weight excluding hydrogens is 248 g/mol. The summed E-state index contributed by atoms with van der Waals surface area (Å²) in [5, 5.41) is 0. The van der Waals surface area contributed by atoms with Crippen LogP contribution in [0.4, 0.5) is 0 Å². The zero-order chi connectivity index (χ0) is 14.1. The molecule has 0 spiro atoms. The molecule has 6 heteroatoms. The second-order valence-electron chi connectivity index (χ2n) is 4.51. The molecule has 110 valence electrons. The quantitative estimate of drug-likeness (QED) is 0.616. The summed E-state index contributed by atoms with van der Waals surface area (Å²) in [5.41, 5.74) is 0. The molecule has 0 aromatic heterocycles. The molecule has 0 aromatic rings. The molecule has 0 saturated carbocycles. The lowest BCUT2D eigenvalue weighted by molar-refractivity contribution is -0.141. The summed E-state index contributed by atoms with van der Waals surface area (Å²) in [6.07, 6.45) is 0.718. The molecule has 0 unspecified atom stereocenters. The molecule has 0 aromatic carbocycles. The molecule has 19 heavy (non-hydrogen) atoms. The van der Waals surface area contributed by atoms with Gasteiger partial charge >= 0.3 is 5.97 Å². The average molecular weight is 272 g/mol. The normalized spacial score (nSPS) is 16.1. The van der Waals surface area contributed by atoms with Crippen LogP contribution in [0.25, 0.3) is 0 Å². The molecule has 0 radical (unpaired) electrons. The van der Waals surface area contributed by atoms with E-state index >= 15 is 0 Å². The maximum atomic E-state index is 11.8. The molecule has 0 aliphatic carbocycles. The van der Waals surface area contributed by atoms with Gasteiger partial charge in [0, 0.05) is 39.1 Å². The summed E-state index contributed by atoms with van der Waals surface area (Å²) < 4.78 is 9.89. The van der Waals surface area contributed by atoms with Crippen LogP contribution in [0.3, 0.4) is 0 Å². The number of morpholine rings is 1. The minimum atomic E-state index is -0.278. The van der Waals surface area contributed by atoms with E-state index in [4.69, 9.17) is 4.74 Å². The van der Waals surface area contributed by atoms with E-state index in [0.29, 0.717) is 19.5 Å². The Bertz CT molecular complexity index is 290. The van der Waals surface area contributed by atoms with E-state index in [-0.39, 0.29) is 18.3 Å². The zero-order valence-electron chi connectivity index (χ0n) is 11.9. The largest absolute Gasteiger partial charge is 0.469 e. The molecule has 1 heterocycles. The van der Waals surface area contributed by atoms with E-state index in [9.17, 15) is 9.59 Å². The molecule has 1 aliphatic rings. The van der Waals surface area contributed by atoms with Crippen LogP contribution in [-0.2, 0) is 19.1 Å². The Hall–Kier alpha value is -1.14. The molecule has 1 fully saturated rings. The van der Waals surface area contributed by atoms with Crippen molar-refractivity contribution >= 4 is 11.9 Å². The van der Waals surface area contributed by atoms with Crippen LogP contribution in [-0.4, -0.2) is 74.7 Å². The van der Waals surface area contributed by atoms with E-state index in [1.54, 1.807) is 4.90 Å². The molecule has 6 nitrogen and oxygen atoms in total. The molecule has 0 bridgehead atoms. The molecule has 1 aliphatic heterocycles. The fourth-order valence-electron chi connectivity index (χ4n) is 2.00. The summed E-state index contributed by atoms with van der Waals surface area (Å²) in [6, 6.07) is 0. The monoisotopic (exact) mass is 272 g/mol. The van der Waals surface area contributed by atoms with Crippen LogP contribution in [0.5, 0.6) is 0 Å². The Morgan fingerprint density at radius 2 is 1.95 bits per heavy atom. The maximum absolute atomic E-state index is 11.8. The van der Waals surface area contributed by atoms with Gasteiger partial charge in [-0.2, -0.15) is 0 Å². The summed E-state index contributed by atoms with van der Waals surface area (Å²) in [6.45, 7) is 7.08. The number of esters is 1. The van der Waals surface area contributed by atoms with Crippen LogP contribution in [0.1, 0.15) is 19.8 Å². The van der Waals surface area contributed by atoms with Gasteiger partial charge in [0.25, 0.3) is 0 Å². The fraction of sp³-hybridized carbons (Fsp3) is 0.846. The van der Waals surface area contributed by atoms with Crippen LogP contribution < -0.4 is 0 Å². The van der Waals surface area contributed by atoms with Gasteiger partial charge in [-0.3, -0.25) is 14.5 Å². The van der Waals surface area contributed by atoms with Crippen molar-refractivity contribution in [2.75, 3.05) is 53.0 Å². The third-order valence-electron chi connectivity index (χ3n) is 3.26. The van der Waals surface area contributed by atoms with Gasteiger partial charge in [0.2, 0.25) is 5.91 Å². The molecule has 1 saturated heterocycles. The second kappa shape index (κ2) is 8.87. The van der Waals surface area contributed by atoms with Gasteiger partial charge < -0.3 is 14.4 Å². The highest BCUT2D eigenvalue weighted by atomic mass is 16.5. The Morgan fingerprint density at radius 3 is 2.53 bits per heavy atom. The Labute approximate surface area is 114 Å². The van der Waals surface area contributed by atoms with E-state index in [2.05, 4.69) is 9.64 Å². The van der Waals surface area contributed by atoms with Crippen molar-refractivity contribution in [3.8, 4) is 0 Å². The van der Waals surface area contributed by atoms with Crippen LogP contribution in [0, 0.1) is 0 Å². The lowest BCUT2D eigenvalue weighted by atomic mass is 10.3. The second-order valence-corrected chi connectivity index (χ2v) is 4.51. The van der Waals surface area contributed by atoms with Gasteiger partial charge in [0.15, 0.2) is 0 Å². The van der Waals surface area contributed by atoms with Crippen molar-refractivity contribution in [1.29, 1.82) is 0 Å². The van der Waals surface area contributed by atoms with Gasteiger partial charge in [-0.15, -0.1) is 0 Å². The van der Waals surface area contributed by atoms with Gasteiger partial charge in [-0.05, 0) is 0 Å². The van der Waals surface area contributed by atoms with E-state index in [1.165, 1.54) is 7.11 Å². The number of methoxy groups -OCH3 is 1. The van der Waals surface area contributed by atoms with Crippen molar-refractivity contribution in [1.82, 2.24) is 9.80 Å². The fourth-order valence-corrected chi connectivity index (χ4v) is 2.00. The van der Waals surface area contributed by atoms with Gasteiger partial charge in [-0.25, -0.2) is 0 Å². The SMILES string of the molecule is CCC(=O)N(CCC(=O)OC)CCN1CCOCC1. The van der Waals surface area contributed by atoms with Crippen molar-refractivity contribution < 1.29 is 19.1 Å². The average Bonchev–Trinajstić information content (AvgIpc) is 2.47. The van der Waals surface area contributed by atoms with Crippen molar-refractivity contribution in [2.45, 2.75) is 19.8 Å². The van der Waals surface area contributed by atoms with Crippen molar-refractivity contribution in [3.63, 3.8) is 0 Å². The Kier molecular flexibility index (Phi) is 7.43. The molecular formula is C13H24N2O4. The number of rotatable bonds is 7. The summed E-state index contributed by atoms with van der Waals surface area (Å²) in [4.78, 5) is 27.0. The highest BCUT2D eigenvalue weighted by Gasteiger charge is 2.16. The first-order valence-corrected chi connectivity index (χ1v) is 6.82. The molecule has 1 amide bonds. The first-order chi connectivity index (χ1) is 9.17. The number of amides is 1. The Morgan fingerprint density at radius 1 is 1.26 bits per heavy atom. The molecule has 0 N–H and O–H groups in total. The van der Waals surface area contributed by atoms with Crippen molar-refractivity contribution in [3.05, 3.63) is 0 Å². The number of carbonyl (C=O) groups is 2. The number of hydrogen-bond donors (Lipinski definition) is 0. The highest BCUT2D eigenvalue weighted by Crippen LogP contribution is 2.01. The molecule has 1 rings (SSSR count). The van der Waals surface area contributed by atoms with E-state index in [1.807, 2.05) is 6.92 Å². The minimum absolute atomic E-state index is 0.0807. The molecule has 0 atom stereocenters. The third-order valence-corrected chi connectivity index (χ3v) is 3.26. The smallest absolute Gasteiger partial charge is 0.307 e. The first kappa shape index (κ1) is 15.9. The number of ether oxygens (including phenoxy) is 2. The van der Waals surface area contributed by atoms with Crippen LogP contribution in [0.15, 0.2) is 0 Å². The van der Waals surface area contributed by atoms with Gasteiger partial charge in [-0.1, -0.05) is 6.92 Å². The highest BCUT2D eigenvalue weighted by molar-refractivity contribution is 5.77. The summed E-state index contributed by atoms with van der Waals surface area (Å²) >= 11 is 0. The van der Waals surface area contributed by atoms with Gasteiger partial charge in [0.1, 0.15) is 0 Å². The maximum Gasteiger partial charge on any atom is 0.307 e. The zero-order valence-corrected chi connectivity index (χ0v) is 11.9. The van der Waals surface area contributed by atoms with E-state index in [0.717, 1.165) is 32.8 Å². The minimum Gasteiger partial charge on any atom is -0.469 e. The lowest BCUT2D eigenvalue weighted by Gasteiger charge is -2.30. The number of nitrogens with zero attached hydrogens (tertiary/aromatic N) is 2. The van der Waals surface area contributed by atoms with Crippen LogP contribution >= 0.6 is 0 Å². The lowest BCUT2D eigenvalue weighted by Crippen LogP contribution is -2.43. The number of hydrogen-bond acceptors (Lipinski definition) is 5. The Balaban J connectivity index is 2.35. The predicted molar refractivity (Wildman–Crippen MR) is 70.8 cm³/mol. The summed E-state index contributed by atoms with van der Waals surface area (Å²) in [5.74, 6) is -0.197. The van der Waals surface area contributed by atoms with E-state index < -0.39 is 0 Å². The predicted octanol–water partition coefficient (Wildman–Crippen LogP) is 0.120. The summed E-state index contributed by atoms with van der Waals surface area (Å²) in [7, 11) is 1.36. The van der Waals surface area contributed by atoms with Gasteiger partial charge in [0.05, 0.1) is 26.7 Å². The standard InChI is InChI=1S/C13H24N2O4/c1-3-12(16)15(5-4-13(17)18-2)7-6-14-8-10-19-11-9-14/h3-11H2,1-2H3. The van der Waals surface area contributed by atoms with Crippen LogP contribution in [0.2, 0.25) is 0 Å². The third kappa shape index (κ3) is 6.02. The first-order valence-electron chi connectivity index (χ1n) is 6.82.